The number of rotatable bonds is 8. The van der Waals surface area contributed by atoms with E-state index in [0.29, 0.717) is 39.8 Å². The zero-order valence-electron chi connectivity index (χ0n) is 21.9. The largest absolute Gasteiger partial charge is 0.493 e. The molecule has 210 valence electrons. The number of hydrogen-bond acceptors (Lipinski definition) is 6. The van der Waals surface area contributed by atoms with Crippen LogP contribution in [0.5, 0.6) is 11.5 Å². The highest BCUT2D eigenvalue weighted by Crippen LogP contribution is 2.48. The number of amides is 1. The molecule has 0 saturated carbocycles. The number of nitrogens with zero attached hydrogens (tertiary/aromatic N) is 3. The Labute approximate surface area is 228 Å². The van der Waals surface area contributed by atoms with Gasteiger partial charge in [-0.1, -0.05) is 25.1 Å². The molecule has 0 spiro atoms. The molecule has 2 atom stereocenters. The third kappa shape index (κ3) is 5.15. The summed E-state index contributed by atoms with van der Waals surface area (Å²) in [6, 6.07) is 12.2. The first kappa shape index (κ1) is 27.3. The summed E-state index contributed by atoms with van der Waals surface area (Å²) in [6.45, 7) is 4.45. The van der Waals surface area contributed by atoms with Crippen LogP contribution in [0.4, 0.5) is 30.4 Å². The predicted molar refractivity (Wildman–Crippen MR) is 141 cm³/mol. The van der Waals surface area contributed by atoms with Crippen molar-refractivity contribution in [3.63, 3.8) is 0 Å². The Balaban J connectivity index is 1.56. The fourth-order valence-corrected chi connectivity index (χ4v) is 5.26. The number of anilines is 3. The molecule has 1 amide bonds. The molecule has 2 aliphatic rings. The average Bonchev–Trinajstić information content (AvgIpc) is 3.51. The number of aliphatic carboxylic acids is 1. The van der Waals surface area contributed by atoms with Crippen LogP contribution in [-0.2, 0) is 9.59 Å². The molecule has 3 aromatic rings. The maximum atomic E-state index is 13.9. The van der Waals surface area contributed by atoms with Gasteiger partial charge in [-0.3, -0.25) is 14.5 Å². The van der Waals surface area contributed by atoms with Crippen molar-refractivity contribution in [1.82, 2.24) is 4.98 Å². The molecule has 8 nitrogen and oxygen atoms in total. The van der Waals surface area contributed by atoms with Gasteiger partial charge in [0.05, 0.1) is 24.8 Å². The van der Waals surface area contributed by atoms with Crippen LogP contribution in [0.1, 0.15) is 48.4 Å². The van der Waals surface area contributed by atoms with Gasteiger partial charge in [-0.2, -0.15) is 13.2 Å². The SMILES string of the molecule is CCCN(c1cc(C)ccn1)c1cccc2c1OC[C@H]2N(C(=O)C(F)(F)F)c1ccc2c(c1)OC[C@H]2CC(=O)O. The van der Waals surface area contributed by atoms with Crippen LogP contribution in [0.3, 0.4) is 0 Å². The minimum Gasteiger partial charge on any atom is -0.493 e. The number of carboxylic acids is 1. The normalized spacial score (nSPS) is 17.4. The molecule has 1 aromatic heterocycles. The summed E-state index contributed by atoms with van der Waals surface area (Å²) in [7, 11) is 0. The molecular formula is C29H28F3N3O5. The highest BCUT2D eigenvalue weighted by atomic mass is 19.4. The van der Waals surface area contributed by atoms with E-state index in [1.165, 1.54) is 18.2 Å². The second-order valence-corrected chi connectivity index (χ2v) is 9.87. The van der Waals surface area contributed by atoms with Crippen molar-refractivity contribution in [2.24, 2.45) is 0 Å². The third-order valence-corrected chi connectivity index (χ3v) is 7.03. The monoisotopic (exact) mass is 555 g/mol. The number of aromatic nitrogens is 1. The number of carboxylic acid groups (broad SMARTS) is 1. The van der Waals surface area contributed by atoms with Crippen molar-refractivity contribution in [3.05, 3.63) is 71.4 Å². The quantitative estimate of drug-likeness (QED) is 0.369. The molecule has 0 radical (unpaired) electrons. The summed E-state index contributed by atoms with van der Waals surface area (Å²) in [6.07, 6.45) is -2.85. The summed E-state index contributed by atoms with van der Waals surface area (Å²) in [5, 5.41) is 9.17. The minimum absolute atomic E-state index is 0.0188. The van der Waals surface area contributed by atoms with E-state index >= 15 is 0 Å². The van der Waals surface area contributed by atoms with Gasteiger partial charge in [0, 0.05) is 41.5 Å². The van der Waals surface area contributed by atoms with E-state index in [2.05, 4.69) is 4.98 Å². The van der Waals surface area contributed by atoms with Gasteiger partial charge in [0.15, 0.2) is 0 Å². The highest BCUT2D eigenvalue weighted by Gasteiger charge is 2.48. The van der Waals surface area contributed by atoms with Crippen LogP contribution in [0.2, 0.25) is 0 Å². The molecule has 2 aromatic carbocycles. The van der Waals surface area contributed by atoms with Crippen LogP contribution in [0.15, 0.2) is 54.7 Å². The first-order valence-electron chi connectivity index (χ1n) is 12.9. The Bertz CT molecular complexity index is 1440. The van der Waals surface area contributed by atoms with Crippen molar-refractivity contribution in [2.45, 2.75) is 44.8 Å². The summed E-state index contributed by atoms with van der Waals surface area (Å²) in [4.78, 5) is 31.2. The lowest BCUT2D eigenvalue weighted by Gasteiger charge is -2.30. The third-order valence-electron chi connectivity index (χ3n) is 7.03. The fraction of sp³-hybridized carbons (Fsp3) is 0.345. The maximum absolute atomic E-state index is 13.9. The van der Waals surface area contributed by atoms with E-state index in [4.69, 9.17) is 14.6 Å². The summed E-state index contributed by atoms with van der Waals surface area (Å²) < 4.78 is 53.4. The lowest BCUT2D eigenvalue weighted by molar-refractivity contribution is -0.171. The molecular weight excluding hydrogens is 527 g/mol. The summed E-state index contributed by atoms with van der Waals surface area (Å²) in [5.41, 5.74) is 2.65. The molecule has 2 aliphatic heterocycles. The van der Waals surface area contributed by atoms with Gasteiger partial charge in [0.2, 0.25) is 0 Å². The smallest absolute Gasteiger partial charge is 0.471 e. The van der Waals surface area contributed by atoms with Crippen molar-refractivity contribution in [2.75, 3.05) is 29.6 Å². The van der Waals surface area contributed by atoms with E-state index in [0.717, 1.165) is 12.0 Å². The Kier molecular flexibility index (Phi) is 7.31. The molecule has 5 rings (SSSR count). The molecule has 0 unspecified atom stereocenters. The topological polar surface area (TPSA) is 92.2 Å². The number of pyridine rings is 1. The van der Waals surface area contributed by atoms with Crippen molar-refractivity contribution in [3.8, 4) is 11.5 Å². The number of ether oxygens (including phenoxy) is 2. The van der Waals surface area contributed by atoms with Crippen LogP contribution < -0.4 is 19.3 Å². The van der Waals surface area contributed by atoms with Crippen LogP contribution in [-0.4, -0.2) is 47.9 Å². The van der Waals surface area contributed by atoms with Gasteiger partial charge >= 0.3 is 18.1 Å². The van der Waals surface area contributed by atoms with Crippen molar-refractivity contribution < 1.29 is 37.3 Å². The Morgan fingerprint density at radius 1 is 1.07 bits per heavy atom. The molecule has 0 bridgehead atoms. The molecule has 1 N–H and O–H groups in total. The van der Waals surface area contributed by atoms with Crippen LogP contribution in [0.25, 0.3) is 0 Å². The molecule has 3 heterocycles. The second-order valence-electron chi connectivity index (χ2n) is 9.87. The van der Waals surface area contributed by atoms with E-state index in [1.807, 2.05) is 36.9 Å². The summed E-state index contributed by atoms with van der Waals surface area (Å²) >= 11 is 0. The lowest BCUT2D eigenvalue weighted by Crippen LogP contribution is -2.44. The second kappa shape index (κ2) is 10.7. The standard InChI is InChI=1S/C29H28F3N3O5/c1-3-11-34(25-12-17(2)9-10-33-25)22-6-4-5-21-23(16-40-27(21)22)35(28(38)29(30,31)32)19-7-8-20-18(13-26(36)37)15-39-24(20)14-19/h4-10,12,14,18,23H,3,11,13,15-16H2,1-2H3,(H,36,37)/t18-,23-/m1/s1. The molecule has 11 heteroatoms. The lowest BCUT2D eigenvalue weighted by atomic mass is 9.97. The Morgan fingerprint density at radius 3 is 2.58 bits per heavy atom. The van der Waals surface area contributed by atoms with Crippen LogP contribution >= 0.6 is 0 Å². The van der Waals surface area contributed by atoms with Gasteiger partial charge in [0.25, 0.3) is 0 Å². The number of carbonyl (C=O) groups excluding carboxylic acids is 1. The van der Waals surface area contributed by atoms with Gasteiger partial charge in [0.1, 0.15) is 23.9 Å². The zero-order chi connectivity index (χ0) is 28.6. The number of fused-ring (bicyclic) bond motifs is 2. The number of aryl methyl sites for hydroxylation is 1. The van der Waals surface area contributed by atoms with E-state index in [9.17, 15) is 22.8 Å². The van der Waals surface area contributed by atoms with Gasteiger partial charge in [-0.05, 0) is 43.2 Å². The fourth-order valence-electron chi connectivity index (χ4n) is 5.26. The van der Waals surface area contributed by atoms with E-state index < -0.39 is 30.0 Å². The minimum atomic E-state index is -5.15. The summed E-state index contributed by atoms with van der Waals surface area (Å²) in [5.74, 6) is -2.14. The van der Waals surface area contributed by atoms with Crippen LogP contribution in [0, 0.1) is 6.92 Å². The maximum Gasteiger partial charge on any atom is 0.471 e. The van der Waals surface area contributed by atoms with Gasteiger partial charge in [-0.25, -0.2) is 4.98 Å². The number of halogens is 3. The average molecular weight is 556 g/mol. The first-order valence-corrected chi connectivity index (χ1v) is 12.9. The Morgan fingerprint density at radius 2 is 1.88 bits per heavy atom. The number of alkyl halides is 3. The zero-order valence-corrected chi connectivity index (χ0v) is 21.9. The van der Waals surface area contributed by atoms with E-state index in [1.54, 1.807) is 18.3 Å². The molecule has 0 fully saturated rings. The number of benzene rings is 2. The Hall–Kier alpha value is -4.28. The molecule has 0 saturated heterocycles. The molecule has 0 aliphatic carbocycles. The number of hydrogen-bond donors (Lipinski definition) is 1. The van der Waals surface area contributed by atoms with Crippen molar-refractivity contribution in [1.29, 1.82) is 0 Å². The van der Waals surface area contributed by atoms with Crippen molar-refractivity contribution >= 4 is 29.1 Å². The molecule has 40 heavy (non-hydrogen) atoms. The first-order chi connectivity index (χ1) is 19.1. The number of para-hydroxylation sites is 1. The van der Waals surface area contributed by atoms with E-state index in [-0.39, 0.29) is 31.1 Å². The predicted octanol–water partition coefficient (Wildman–Crippen LogP) is 5.92. The highest BCUT2D eigenvalue weighted by molar-refractivity contribution is 5.98. The number of carbonyl (C=O) groups is 2. The van der Waals surface area contributed by atoms with Gasteiger partial charge < -0.3 is 19.5 Å². The van der Waals surface area contributed by atoms with Gasteiger partial charge in [-0.15, -0.1) is 0 Å².